The van der Waals surface area contributed by atoms with E-state index in [1.807, 2.05) is 0 Å². The van der Waals surface area contributed by atoms with Gasteiger partial charge in [0, 0.05) is 0 Å². The quantitative estimate of drug-likeness (QED) is 0.740. The monoisotopic (exact) mass is 328 g/mol. The molecule has 0 aliphatic heterocycles. The van der Waals surface area contributed by atoms with E-state index in [9.17, 15) is 12.8 Å². The highest BCUT2D eigenvalue weighted by molar-refractivity contribution is 7.93. The zero-order valence-corrected chi connectivity index (χ0v) is 12.9. The summed E-state index contributed by atoms with van der Waals surface area (Å²) in [6, 6.07) is 3.62. The van der Waals surface area contributed by atoms with Crippen molar-refractivity contribution in [2.75, 3.05) is 4.72 Å². The molecule has 1 aromatic carbocycles. The number of aromatic amines is 1. The number of hydrogen-bond acceptors (Lipinski definition) is 4. The molecule has 0 spiro atoms. The molecule has 112 valence electrons. The van der Waals surface area contributed by atoms with Crippen LogP contribution in [-0.4, -0.2) is 23.6 Å². The molecule has 9 heteroatoms. The van der Waals surface area contributed by atoms with Crippen LogP contribution in [0.2, 0.25) is 0 Å². The minimum absolute atomic E-state index is 0.307. The van der Waals surface area contributed by atoms with Crippen LogP contribution >= 0.6 is 12.2 Å². The lowest BCUT2D eigenvalue weighted by atomic mass is 10.2. The third-order valence-corrected chi connectivity index (χ3v) is 4.47. The van der Waals surface area contributed by atoms with Crippen molar-refractivity contribution >= 4 is 32.9 Å². The van der Waals surface area contributed by atoms with Crippen molar-refractivity contribution in [3.05, 3.63) is 41.0 Å². The number of hydrogen-bond donors (Lipinski definition) is 3. The van der Waals surface area contributed by atoms with Gasteiger partial charge in [0.25, 0.3) is 10.0 Å². The molecule has 1 heterocycles. The maximum absolute atomic E-state index is 13.8. The number of thiocarbonyl (C=S) groups is 1. The number of nitrogens with two attached hydrogens (primary N) is 1. The predicted octanol–water partition coefficient (Wildman–Crippen LogP) is 1.60. The Kier molecular flexibility index (Phi) is 3.97. The van der Waals surface area contributed by atoms with Gasteiger partial charge in [0.05, 0.1) is 22.6 Å². The average Bonchev–Trinajstić information content (AvgIpc) is 2.69. The highest BCUT2D eigenvalue weighted by atomic mass is 32.2. The molecular weight excluding hydrogens is 315 g/mol. The van der Waals surface area contributed by atoms with Crippen molar-refractivity contribution in [1.29, 1.82) is 0 Å². The lowest BCUT2D eigenvalue weighted by Gasteiger charge is -2.12. The van der Waals surface area contributed by atoms with Crippen molar-refractivity contribution < 1.29 is 12.8 Å². The predicted molar refractivity (Wildman–Crippen MR) is 81.2 cm³/mol. The van der Waals surface area contributed by atoms with E-state index in [-0.39, 0.29) is 15.4 Å². The Morgan fingerprint density at radius 3 is 2.62 bits per heavy atom. The summed E-state index contributed by atoms with van der Waals surface area (Å²) in [4.78, 5) is -0.635. The lowest BCUT2D eigenvalue weighted by molar-refractivity contribution is 0.594. The molecule has 0 saturated heterocycles. The molecule has 0 atom stereocenters. The Morgan fingerprint density at radius 1 is 1.43 bits per heavy atom. The van der Waals surface area contributed by atoms with E-state index in [1.54, 1.807) is 13.8 Å². The van der Waals surface area contributed by atoms with E-state index in [0.717, 1.165) is 6.07 Å². The molecule has 1 aromatic heterocycles. The molecule has 0 fully saturated rings. The van der Waals surface area contributed by atoms with Gasteiger partial charge in [-0.25, -0.2) is 12.8 Å². The zero-order chi connectivity index (χ0) is 15.8. The van der Waals surface area contributed by atoms with Gasteiger partial charge in [-0.2, -0.15) is 5.10 Å². The van der Waals surface area contributed by atoms with Gasteiger partial charge < -0.3 is 5.73 Å². The number of rotatable bonds is 4. The molecule has 2 aromatic rings. The second kappa shape index (κ2) is 5.41. The van der Waals surface area contributed by atoms with Crippen molar-refractivity contribution in [3.63, 3.8) is 0 Å². The van der Waals surface area contributed by atoms with Crippen LogP contribution < -0.4 is 10.5 Å². The minimum atomic E-state index is -4.04. The van der Waals surface area contributed by atoms with Crippen LogP contribution in [0.4, 0.5) is 10.1 Å². The number of nitrogens with one attached hydrogen (secondary N) is 2. The Bertz CT molecular complexity index is 795. The van der Waals surface area contributed by atoms with Gasteiger partial charge in [-0.3, -0.25) is 9.82 Å². The number of nitrogens with zero attached hydrogens (tertiary/aromatic N) is 1. The molecule has 0 radical (unpaired) electrons. The van der Waals surface area contributed by atoms with Crippen LogP contribution in [0, 0.1) is 19.7 Å². The molecule has 0 bridgehead atoms. The number of sulfonamides is 1. The summed E-state index contributed by atoms with van der Waals surface area (Å²) in [6.45, 7) is 3.30. The Balaban J connectivity index is 2.56. The fourth-order valence-corrected chi connectivity index (χ4v) is 3.54. The molecule has 6 nitrogen and oxygen atoms in total. The molecule has 0 amide bonds. The fraction of sp³-hybridized carbons (Fsp3) is 0.167. The smallest absolute Gasteiger partial charge is 0.262 e. The van der Waals surface area contributed by atoms with Crippen LogP contribution in [0.1, 0.15) is 17.0 Å². The summed E-state index contributed by atoms with van der Waals surface area (Å²) in [5.41, 5.74) is 6.45. The number of H-pyrrole nitrogens is 1. The van der Waals surface area contributed by atoms with E-state index >= 15 is 0 Å². The maximum atomic E-state index is 13.8. The molecule has 2 rings (SSSR count). The first-order chi connectivity index (χ1) is 9.74. The molecule has 0 aliphatic carbocycles. The van der Waals surface area contributed by atoms with Gasteiger partial charge in [-0.1, -0.05) is 18.3 Å². The zero-order valence-electron chi connectivity index (χ0n) is 11.3. The van der Waals surface area contributed by atoms with Crippen LogP contribution in [0.5, 0.6) is 0 Å². The van der Waals surface area contributed by atoms with Crippen LogP contribution in [0.3, 0.4) is 0 Å². The summed E-state index contributed by atoms with van der Waals surface area (Å²) in [5.74, 6) is -0.786. The first-order valence-corrected chi connectivity index (χ1v) is 7.76. The number of benzene rings is 1. The first-order valence-electron chi connectivity index (χ1n) is 5.86. The van der Waals surface area contributed by atoms with E-state index in [0.29, 0.717) is 17.1 Å². The third-order valence-electron chi connectivity index (χ3n) is 2.88. The van der Waals surface area contributed by atoms with E-state index in [1.165, 1.54) is 12.1 Å². The highest BCUT2D eigenvalue weighted by Crippen LogP contribution is 2.24. The molecule has 0 saturated carbocycles. The van der Waals surface area contributed by atoms with Gasteiger partial charge >= 0.3 is 0 Å². The third kappa shape index (κ3) is 2.88. The van der Waals surface area contributed by atoms with Crippen LogP contribution in [-0.2, 0) is 10.0 Å². The summed E-state index contributed by atoms with van der Waals surface area (Å²) >= 11 is 4.73. The molecular formula is C12H13FN4O2S2. The number of anilines is 1. The molecule has 4 N–H and O–H groups in total. The first kappa shape index (κ1) is 15.4. The van der Waals surface area contributed by atoms with E-state index in [2.05, 4.69) is 14.9 Å². The SMILES string of the molecule is Cc1n[nH]c(C)c1NS(=O)(=O)c1cccc(F)c1C(N)=S. The number of aromatic nitrogens is 2. The van der Waals surface area contributed by atoms with E-state index in [4.69, 9.17) is 18.0 Å². The highest BCUT2D eigenvalue weighted by Gasteiger charge is 2.24. The second-order valence-electron chi connectivity index (χ2n) is 4.39. The normalized spacial score (nSPS) is 11.4. The van der Waals surface area contributed by atoms with Gasteiger partial charge in [-0.05, 0) is 26.0 Å². The Morgan fingerprint density at radius 2 is 2.10 bits per heavy atom. The lowest BCUT2D eigenvalue weighted by Crippen LogP contribution is -2.21. The number of aryl methyl sites for hydroxylation is 2. The van der Waals surface area contributed by atoms with Crippen molar-refractivity contribution in [3.8, 4) is 0 Å². The van der Waals surface area contributed by atoms with E-state index < -0.39 is 15.8 Å². The van der Waals surface area contributed by atoms with Crippen molar-refractivity contribution in [2.24, 2.45) is 5.73 Å². The van der Waals surface area contributed by atoms with Gasteiger partial charge in [0.2, 0.25) is 0 Å². The molecule has 21 heavy (non-hydrogen) atoms. The van der Waals surface area contributed by atoms with Crippen molar-refractivity contribution in [1.82, 2.24) is 10.2 Å². The van der Waals surface area contributed by atoms with Gasteiger partial charge in [0.15, 0.2) is 0 Å². The summed E-state index contributed by atoms with van der Waals surface area (Å²) in [5, 5.41) is 6.55. The topological polar surface area (TPSA) is 101 Å². The largest absolute Gasteiger partial charge is 0.389 e. The van der Waals surface area contributed by atoms with Crippen LogP contribution in [0.15, 0.2) is 23.1 Å². The van der Waals surface area contributed by atoms with Gasteiger partial charge in [0.1, 0.15) is 15.7 Å². The number of halogens is 1. The second-order valence-corrected chi connectivity index (χ2v) is 6.48. The Labute approximate surface area is 126 Å². The molecule has 0 aliphatic rings. The molecule has 0 unspecified atom stereocenters. The maximum Gasteiger partial charge on any atom is 0.262 e. The Hall–Kier alpha value is -2.00. The summed E-state index contributed by atoms with van der Waals surface area (Å²) in [6.07, 6.45) is 0. The minimum Gasteiger partial charge on any atom is -0.389 e. The standard InChI is InChI=1S/C12H13FN4O2S2/c1-6-11(7(2)16-15-6)17-21(18,19)9-5-3-4-8(13)10(9)12(14)20/h3-5,17H,1-2H3,(H2,14,20)(H,15,16). The van der Waals surface area contributed by atoms with Crippen LogP contribution in [0.25, 0.3) is 0 Å². The summed E-state index contributed by atoms with van der Waals surface area (Å²) < 4.78 is 41.1. The fourth-order valence-electron chi connectivity index (χ4n) is 1.86. The van der Waals surface area contributed by atoms with Gasteiger partial charge in [-0.15, -0.1) is 0 Å². The average molecular weight is 328 g/mol. The summed E-state index contributed by atoms with van der Waals surface area (Å²) in [7, 11) is -4.04. The van der Waals surface area contributed by atoms with Crippen molar-refractivity contribution in [2.45, 2.75) is 18.7 Å².